The number of halogens is 1. The van der Waals surface area contributed by atoms with Crippen LogP contribution in [0.15, 0.2) is 48.7 Å². The van der Waals surface area contributed by atoms with Gasteiger partial charge in [-0.3, -0.25) is 9.28 Å². The normalized spacial score (nSPS) is 25.5. The number of hydrogen-bond acceptors (Lipinski definition) is 6. The van der Waals surface area contributed by atoms with Gasteiger partial charge in [-0.15, -0.1) is 5.10 Å². The number of ether oxygens (including phenoxy) is 1. The molecule has 1 saturated heterocycles. The van der Waals surface area contributed by atoms with E-state index >= 15 is 0 Å². The summed E-state index contributed by atoms with van der Waals surface area (Å²) in [7, 11) is 1.86. The Balaban J connectivity index is 0.00000324. The second-order valence-corrected chi connectivity index (χ2v) is 9.49. The number of likely N-dealkylation sites (tertiary alicyclic amines) is 1. The van der Waals surface area contributed by atoms with Gasteiger partial charge in [0.15, 0.2) is 5.60 Å². The fourth-order valence-electron chi connectivity index (χ4n) is 5.66. The van der Waals surface area contributed by atoms with Gasteiger partial charge in [-0.05, 0) is 30.5 Å². The first kappa shape index (κ1) is 26.2. The molecule has 1 aliphatic heterocycles. The summed E-state index contributed by atoms with van der Waals surface area (Å²) >= 11 is 0. The minimum absolute atomic E-state index is 0. The van der Waals surface area contributed by atoms with Crippen molar-refractivity contribution in [3.05, 3.63) is 59.9 Å². The van der Waals surface area contributed by atoms with Gasteiger partial charge in [0, 0.05) is 25.0 Å². The number of nitrogens with zero attached hydrogens (tertiary/aromatic N) is 3. The van der Waals surface area contributed by atoms with Crippen molar-refractivity contribution in [1.82, 2.24) is 10.2 Å². The molecule has 9 heteroatoms. The third kappa shape index (κ3) is 4.87. The Bertz CT molecular complexity index is 973. The van der Waals surface area contributed by atoms with E-state index in [1.165, 1.54) is 6.20 Å². The van der Waals surface area contributed by atoms with Crippen molar-refractivity contribution < 1.29 is 40.9 Å². The fourth-order valence-corrected chi connectivity index (χ4v) is 5.66. The van der Waals surface area contributed by atoms with Gasteiger partial charge in [-0.25, -0.2) is 4.79 Å². The second kappa shape index (κ2) is 10.9. The molecule has 184 valence electrons. The molecule has 1 aromatic carbocycles. The Hall–Kier alpha value is -2.36. The molecule has 2 aromatic rings. The number of aromatic nitrogens is 2. The number of carbonyl (C=O) groups excluding carboxylic acids is 2. The summed E-state index contributed by atoms with van der Waals surface area (Å²) in [5.41, 5.74) is 5.07. The third-order valence-corrected chi connectivity index (χ3v) is 7.45. The van der Waals surface area contributed by atoms with E-state index in [0.717, 1.165) is 38.5 Å². The maximum absolute atomic E-state index is 13.7. The Morgan fingerprint density at radius 3 is 2.41 bits per heavy atom. The molecule has 34 heavy (non-hydrogen) atoms. The highest BCUT2D eigenvalue weighted by atomic mass is 79.9. The average Bonchev–Trinajstić information content (AvgIpc) is 3.20. The van der Waals surface area contributed by atoms with E-state index in [-0.39, 0.29) is 27.4 Å². The van der Waals surface area contributed by atoms with Gasteiger partial charge in [-0.1, -0.05) is 49.6 Å². The van der Waals surface area contributed by atoms with Crippen LogP contribution in [0.1, 0.15) is 62.2 Å². The van der Waals surface area contributed by atoms with Crippen molar-refractivity contribution in [1.29, 1.82) is 0 Å². The highest BCUT2D eigenvalue weighted by Crippen LogP contribution is 2.43. The molecule has 2 fully saturated rings. The van der Waals surface area contributed by atoms with E-state index < -0.39 is 29.7 Å². The molecular weight excluding hydrogens is 500 g/mol. The molecule has 4 unspecified atom stereocenters. The predicted molar refractivity (Wildman–Crippen MR) is 121 cm³/mol. The van der Waals surface area contributed by atoms with Crippen LogP contribution < -0.4 is 22.7 Å². The van der Waals surface area contributed by atoms with E-state index in [9.17, 15) is 14.7 Å². The fraction of sp³-hybridized carbons (Fsp3) is 0.520. The lowest BCUT2D eigenvalue weighted by atomic mass is 9.73. The van der Waals surface area contributed by atoms with Gasteiger partial charge in [0.1, 0.15) is 5.69 Å². The van der Waals surface area contributed by atoms with Crippen LogP contribution >= 0.6 is 0 Å². The lowest BCUT2D eigenvalue weighted by Crippen LogP contribution is -3.00. The number of esters is 1. The van der Waals surface area contributed by atoms with Crippen molar-refractivity contribution in [3.63, 3.8) is 0 Å². The van der Waals surface area contributed by atoms with Gasteiger partial charge in [0.05, 0.1) is 13.6 Å². The first-order valence-electron chi connectivity index (χ1n) is 11.8. The van der Waals surface area contributed by atoms with E-state index in [1.54, 1.807) is 24.3 Å². The van der Waals surface area contributed by atoms with E-state index in [2.05, 4.69) is 10.2 Å². The molecule has 1 saturated carbocycles. The lowest BCUT2D eigenvalue weighted by Gasteiger charge is -2.42. The molecule has 0 spiro atoms. The molecule has 0 radical (unpaired) electrons. The topological polar surface area (TPSA) is 115 Å². The summed E-state index contributed by atoms with van der Waals surface area (Å²) in [6.07, 6.45) is 6.81. The number of amides is 1. The van der Waals surface area contributed by atoms with Crippen LogP contribution in [0.4, 0.5) is 0 Å². The molecule has 1 aromatic heterocycles. The molecule has 4 atom stereocenters. The summed E-state index contributed by atoms with van der Waals surface area (Å²) in [5.74, 6) is -1.42. The summed E-state index contributed by atoms with van der Waals surface area (Å²) in [4.78, 5) is 26.2. The summed E-state index contributed by atoms with van der Waals surface area (Å²) < 4.78 is 6.17. The number of carbonyl (C=O) groups is 2. The molecule has 1 amide bonds. The number of hydrogen-bond donors (Lipinski definition) is 2. The van der Waals surface area contributed by atoms with Crippen LogP contribution in [-0.4, -0.2) is 51.5 Å². The van der Waals surface area contributed by atoms with Gasteiger partial charge < -0.3 is 32.6 Å². The highest BCUT2D eigenvalue weighted by molar-refractivity contribution is 5.82. The Morgan fingerprint density at radius 1 is 1.09 bits per heavy atom. The molecule has 3 N–H and O–H groups in total. The van der Waals surface area contributed by atoms with Crippen LogP contribution in [0.2, 0.25) is 0 Å². The van der Waals surface area contributed by atoms with Crippen molar-refractivity contribution in [2.24, 2.45) is 11.7 Å². The number of nitrogens with two attached hydrogens (primary N) is 1. The molecule has 1 aliphatic carbocycles. The van der Waals surface area contributed by atoms with Crippen LogP contribution in [-0.2, 0) is 19.9 Å². The van der Waals surface area contributed by atoms with Crippen LogP contribution in [0.3, 0.4) is 0 Å². The summed E-state index contributed by atoms with van der Waals surface area (Å²) in [6, 6.07) is 11.7. The minimum atomic E-state index is -1.73. The van der Waals surface area contributed by atoms with Crippen molar-refractivity contribution in [3.8, 4) is 0 Å². The number of primary amides is 1. The monoisotopic (exact) mass is 532 g/mol. The maximum atomic E-state index is 13.7. The smallest absolute Gasteiger partial charge is 0.347 e. The number of rotatable bonds is 7. The van der Waals surface area contributed by atoms with Crippen LogP contribution in [0.5, 0.6) is 0 Å². The third-order valence-electron chi connectivity index (χ3n) is 7.45. The summed E-state index contributed by atoms with van der Waals surface area (Å²) in [6.45, 7) is 0.593. The van der Waals surface area contributed by atoms with E-state index in [0.29, 0.717) is 24.2 Å². The Morgan fingerprint density at radius 2 is 1.79 bits per heavy atom. The zero-order valence-corrected chi connectivity index (χ0v) is 21.1. The molecule has 4 rings (SSSR count). The first-order chi connectivity index (χ1) is 15.9. The second-order valence-electron chi connectivity index (χ2n) is 9.49. The minimum Gasteiger partial charge on any atom is -1.00 e. The number of aliphatic hydroxyl groups is 1. The summed E-state index contributed by atoms with van der Waals surface area (Å²) in [5, 5.41) is 19.9. The highest BCUT2D eigenvalue weighted by Gasteiger charge is 2.54. The van der Waals surface area contributed by atoms with Crippen molar-refractivity contribution in [2.75, 3.05) is 13.6 Å². The zero-order chi connectivity index (χ0) is 23.5. The number of likely N-dealkylation sites (N-methyl/N-ethyl adjacent to an activating group) is 1. The van der Waals surface area contributed by atoms with Crippen LogP contribution in [0.25, 0.3) is 0 Å². The predicted octanol–water partition coefficient (Wildman–Crippen LogP) is -0.415. The average molecular weight is 533 g/mol. The Labute approximate surface area is 210 Å². The maximum Gasteiger partial charge on any atom is 0.347 e. The largest absolute Gasteiger partial charge is 1.00 e. The molecule has 8 nitrogen and oxygen atoms in total. The molecule has 0 bridgehead atoms. The molecule has 2 aliphatic rings. The lowest BCUT2D eigenvalue weighted by molar-refractivity contribution is -0.959. The first-order valence-corrected chi connectivity index (χ1v) is 11.8. The standard InChI is InChI=1S/C25H32N4O4.BrH/c1-29(22(23(26)30)20-14-8-16-27-28-20)17-9-15-21(29)33-24(31)25(32,18-10-4-2-5-11-18)19-12-6-3-7-13-19;/h2,4-5,8,10-11,14,16,19,21-22,32H,3,6-7,9,12-13,15,17H2,1H3,(H-,26,30);1H. The van der Waals surface area contributed by atoms with Gasteiger partial charge in [0.25, 0.3) is 5.91 Å². The number of benzene rings is 1. The van der Waals surface area contributed by atoms with Gasteiger partial charge in [0.2, 0.25) is 12.3 Å². The Kier molecular flexibility index (Phi) is 8.43. The van der Waals surface area contributed by atoms with E-state index in [4.69, 9.17) is 10.5 Å². The van der Waals surface area contributed by atoms with Gasteiger partial charge in [-0.2, -0.15) is 5.10 Å². The zero-order valence-electron chi connectivity index (χ0n) is 19.5. The molecular formula is C25H33BrN4O4. The van der Waals surface area contributed by atoms with Crippen molar-refractivity contribution >= 4 is 11.9 Å². The SMILES string of the molecule is C[N+]1(C(C(N)=O)c2cccnn2)CCCC1OC(=O)C(O)(c1ccccc1)C1CCCCC1.[Br-]. The van der Waals surface area contributed by atoms with E-state index in [1.807, 2.05) is 25.2 Å². The number of quaternary nitrogens is 1. The quantitative estimate of drug-likeness (QED) is 0.369. The van der Waals surface area contributed by atoms with Crippen LogP contribution in [0, 0.1) is 5.92 Å². The van der Waals surface area contributed by atoms with Crippen molar-refractivity contribution in [2.45, 2.75) is 62.8 Å². The van der Waals surface area contributed by atoms with Gasteiger partial charge >= 0.3 is 5.97 Å². The molecule has 2 heterocycles.